The number of thiazole rings is 1. The fraction of sp³-hybridized carbons (Fsp3) is 0.333. The Morgan fingerprint density at radius 3 is 2.77 bits per heavy atom. The van der Waals surface area contributed by atoms with Gasteiger partial charge in [0.15, 0.2) is 11.6 Å². The summed E-state index contributed by atoms with van der Waals surface area (Å²) in [4.78, 5) is 18.2. The molecule has 1 heterocycles. The van der Waals surface area contributed by atoms with Crippen LogP contribution in [0.3, 0.4) is 0 Å². The minimum absolute atomic E-state index is 0.216. The van der Waals surface area contributed by atoms with E-state index >= 15 is 0 Å². The van der Waals surface area contributed by atoms with E-state index in [9.17, 15) is 18.7 Å². The normalized spacial score (nSPS) is 12.2. The van der Waals surface area contributed by atoms with Crippen LogP contribution in [-0.2, 0) is 0 Å². The molecule has 2 aromatic rings. The van der Waals surface area contributed by atoms with Crippen LogP contribution in [0.5, 0.6) is 0 Å². The van der Waals surface area contributed by atoms with Crippen molar-refractivity contribution in [1.29, 1.82) is 0 Å². The van der Waals surface area contributed by atoms with E-state index in [1.807, 2.05) is 0 Å². The number of hydrogen-bond donors (Lipinski definition) is 1. The Bertz CT molecular complexity index is 673. The number of aliphatic hydroxyl groups excluding tert-OH is 1. The fourth-order valence-electron chi connectivity index (χ4n) is 1.81. The van der Waals surface area contributed by atoms with Gasteiger partial charge in [-0.1, -0.05) is 0 Å². The van der Waals surface area contributed by atoms with Crippen LogP contribution in [-0.4, -0.2) is 40.6 Å². The summed E-state index contributed by atoms with van der Waals surface area (Å²) in [6.07, 6.45) is 1.42. The standard InChI is InChI=1S/C15H16F2N2O2S/c1-9(20)5-6-19(2)15(21)13-8-18-14(22-13)10-3-4-11(16)12(17)7-10/h3-4,7-9,20H,5-6H2,1-2H3. The molecule has 0 saturated heterocycles. The number of aromatic nitrogens is 1. The van der Waals surface area contributed by atoms with E-state index in [2.05, 4.69) is 4.98 Å². The second kappa shape index (κ2) is 6.93. The Hall–Kier alpha value is -1.86. The first-order valence-corrected chi connectivity index (χ1v) is 7.55. The second-order valence-corrected chi connectivity index (χ2v) is 6.05. The molecular formula is C15H16F2N2O2S. The molecule has 0 aliphatic heterocycles. The zero-order chi connectivity index (χ0) is 16.3. The maximum atomic E-state index is 13.2. The van der Waals surface area contributed by atoms with Crippen LogP contribution < -0.4 is 0 Å². The van der Waals surface area contributed by atoms with Crippen LogP contribution in [0.15, 0.2) is 24.4 Å². The van der Waals surface area contributed by atoms with Crippen LogP contribution in [0, 0.1) is 11.6 Å². The average molecular weight is 326 g/mol. The Balaban J connectivity index is 2.13. The molecule has 1 atom stereocenters. The van der Waals surface area contributed by atoms with Crippen molar-refractivity contribution in [1.82, 2.24) is 9.88 Å². The third-order valence-electron chi connectivity index (χ3n) is 3.11. The summed E-state index contributed by atoms with van der Waals surface area (Å²) < 4.78 is 26.2. The lowest BCUT2D eigenvalue weighted by molar-refractivity contribution is 0.0773. The molecule has 2 rings (SSSR count). The predicted octanol–water partition coefficient (Wildman–Crippen LogP) is 2.93. The summed E-state index contributed by atoms with van der Waals surface area (Å²) in [5.41, 5.74) is 0.426. The van der Waals surface area contributed by atoms with E-state index in [1.165, 1.54) is 17.2 Å². The molecule has 0 fully saturated rings. The SMILES string of the molecule is CC(O)CCN(C)C(=O)c1cnc(-c2ccc(F)c(F)c2)s1. The largest absolute Gasteiger partial charge is 0.393 e. The van der Waals surface area contributed by atoms with Crippen molar-refractivity contribution >= 4 is 17.2 Å². The van der Waals surface area contributed by atoms with Crippen molar-refractivity contribution in [2.45, 2.75) is 19.4 Å². The maximum absolute atomic E-state index is 13.2. The van der Waals surface area contributed by atoms with E-state index in [4.69, 9.17) is 0 Å². The third kappa shape index (κ3) is 3.86. The summed E-state index contributed by atoms with van der Waals surface area (Å²) in [7, 11) is 1.64. The summed E-state index contributed by atoms with van der Waals surface area (Å²) >= 11 is 1.12. The van der Waals surface area contributed by atoms with E-state index in [0.29, 0.717) is 28.4 Å². The summed E-state index contributed by atoms with van der Waals surface area (Å²) in [6.45, 7) is 2.08. The third-order valence-corrected chi connectivity index (χ3v) is 4.15. The first kappa shape index (κ1) is 16.5. The number of carbonyl (C=O) groups is 1. The van der Waals surface area contributed by atoms with Gasteiger partial charge in [0.05, 0.1) is 12.3 Å². The molecular weight excluding hydrogens is 310 g/mol. The Kier molecular flexibility index (Phi) is 5.20. The second-order valence-electron chi connectivity index (χ2n) is 5.02. The predicted molar refractivity (Wildman–Crippen MR) is 80.7 cm³/mol. The van der Waals surface area contributed by atoms with E-state index in [-0.39, 0.29) is 5.91 Å². The van der Waals surface area contributed by atoms with Crippen molar-refractivity contribution in [2.24, 2.45) is 0 Å². The van der Waals surface area contributed by atoms with Gasteiger partial charge in [0.2, 0.25) is 0 Å². The van der Waals surface area contributed by atoms with Gasteiger partial charge in [0.25, 0.3) is 5.91 Å². The lowest BCUT2D eigenvalue weighted by Gasteiger charge is -2.16. The molecule has 1 aromatic carbocycles. The zero-order valence-corrected chi connectivity index (χ0v) is 13.0. The molecule has 22 heavy (non-hydrogen) atoms. The van der Waals surface area contributed by atoms with Crippen LogP contribution in [0.25, 0.3) is 10.6 Å². The van der Waals surface area contributed by atoms with Gasteiger partial charge in [-0.25, -0.2) is 13.8 Å². The number of aliphatic hydroxyl groups is 1. The van der Waals surface area contributed by atoms with Crippen LogP contribution >= 0.6 is 11.3 Å². The van der Waals surface area contributed by atoms with Crippen molar-refractivity contribution in [3.8, 4) is 10.6 Å². The first-order chi connectivity index (χ1) is 10.4. The topological polar surface area (TPSA) is 53.4 Å². The molecule has 0 aliphatic rings. The van der Waals surface area contributed by atoms with E-state index in [1.54, 1.807) is 14.0 Å². The fourth-order valence-corrected chi connectivity index (χ4v) is 2.71. The van der Waals surface area contributed by atoms with Crippen LogP contribution in [0.4, 0.5) is 8.78 Å². The zero-order valence-electron chi connectivity index (χ0n) is 12.2. The average Bonchev–Trinajstić information content (AvgIpc) is 2.96. The van der Waals surface area contributed by atoms with Crippen LogP contribution in [0.2, 0.25) is 0 Å². The summed E-state index contributed by atoms with van der Waals surface area (Å²) in [5, 5.41) is 9.69. The van der Waals surface area contributed by atoms with Crippen molar-refractivity contribution in [3.63, 3.8) is 0 Å². The Labute approximate surface area is 131 Å². The minimum Gasteiger partial charge on any atom is -0.393 e. The smallest absolute Gasteiger partial charge is 0.265 e. The maximum Gasteiger partial charge on any atom is 0.265 e. The molecule has 1 amide bonds. The molecule has 4 nitrogen and oxygen atoms in total. The highest BCUT2D eigenvalue weighted by atomic mass is 32.1. The first-order valence-electron chi connectivity index (χ1n) is 6.73. The van der Waals surface area contributed by atoms with Crippen molar-refractivity contribution in [3.05, 3.63) is 40.9 Å². The van der Waals surface area contributed by atoms with Crippen LogP contribution in [0.1, 0.15) is 23.0 Å². The monoisotopic (exact) mass is 326 g/mol. The lowest BCUT2D eigenvalue weighted by Crippen LogP contribution is -2.28. The van der Waals surface area contributed by atoms with Gasteiger partial charge in [-0.2, -0.15) is 0 Å². The van der Waals surface area contributed by atoms with Gasteiger partial charge >= 0.3 is 0 Å². The number of benzene rings is 1. The molecule has 0 bridgehead atoms. The highest BCUT2D eigenvalue weighted by molar-refractivity contribution is 7.16. The Morgan fingerprint density at radius 1 is 1.41 bits per heavy atom. The van der Waals surface area contributed by atoms with Gasteiger partial charge in [-0.05, 0) is 31.5 Å². The van der Waals surface area contributed by atoms with Gasteiger partial charge in [0.1, 0.15) is 9.88 Å². The molecule has 0 radical (unpaired) electrons. The summed E-state index contributed by atoms with van der Waals surface area (Å²) in [6, 6.07) is 3.50. The molecule has 7 heteroatoms. The molecule has 1 unspecified atom stereocenters. The Morgan fingerprint density at radius 2 is 2.14 bits per heavy atom. The quantitative estimate of drug-likeness (QED) is 0.919. The molecule has 118 valence electrons. The van der Waals surface area contributed by atoms with Gasteiger partial charge in [-0.3, -0.25) is 4.79 Å². The molecule has 0 spiro atoms. The molecule has 1 aromatic heterocycles. The number of nitrogens with zero attached hydrogens (tertiary/aromatic N) is 2. The van der Waals surface area contributed by atoms with Gasteiger partial charge in [-0.15, -0.1) is 11.3 Å². The molecule has 0 aliphatic carbocycles. The number of rotatable bonds is 5. The number of halogens is 2. The van der Waals surface area contributed by atoms with E-state index < -0.39 is 17.7 Å². The van der Waals surface area contributed by atoms with Crippen molar-refractivity contribution in [2.75, 3.05) is 13.6 Å². The number of amides is 1. The minimum atomic E-state index is -0.949. The number of hydrogen-bond acceptors (Lipinski definition) is 4. The summed E-state index contributed by atoms with van der Waals surface area (Å²) in [5.74, 6) is -2.09. The van der Waals surface area contributed by atoms with Gasteiger partial charge in [0, 0.05) is 19.2 Å². The lowest BCUT2D eigenvalue weighted by atomic mass is 10.2. The van der Waals surface area contributed by atoms with E-state index in [0.717, 1.165) is 23.5 Å². The van der Waals surface area contributed by atoms with Crippen molar-refractivity contribution < 1.29 is 18.7 Å². The number of carbonyl (C=O) groups excluding carboxylic acids is 1. The molecule has 1 N–H and O–H groups in total. The molecule has 0 saturated carbocycles. The highest BCUT2D eigenvalue weighted by Gasteiger charge is 2.17. The van der Waals surface area contributed by atoms with Gasteiger partial charge < -0.3 is 10.0 Å². The highest BCUT2D eigenvalue weighted by Crippen LogP contribution is 2.27.